The lowest BCUT2D eigenvalue weighted by atomic mass is 10.1. The predicted octanol–water partition coefficient (Wildman–Crippen LogP) is 1.63. The van der Waals surface area contributed by atoms with Crippen LogP contribution in [0.3, 0.4) is 0 Å². The van der Waals surface area contributed by atoms with Crippen molar-refractivity contribution in [2.45, 2.75) is 13.0 Å². The van der Waals surface area contributed by atoms with Gasteiger partial charge in [0.2, 0.25) is 0 Å². The third kappa shape index (κ3) is 2.74. The molecule has 0 unspecified atom stereocenters. The lowest BCUT2D eigenvalue weighted by Gasteiger charge is -2.24. The lowest BCUT2D eigenvalue weighted by Crippen LogP contribution is -2.28. The molecule has 2 rings (SSSR count). The van der Waals surface area contributed by atoms with E-state index in [0.717, 1.165) is 26.2 Å². The number of benzene rings is 1. The van der Waals surface area contributed by atoms with Crippen LogP contribution in [0.1, 0.15) is 12.0 Å². The second-order valence-electron chi connectivity index (χ2n) is 4.15. The summed E-state index contributed by atoms with van der Waals surface area (Å²) in [5.41, 5.74) is 2.61. The molecule has 1 saturated heterocycles. The molecule has 0 bridgehead atoms. The number of hydrogen-bond donors (Lipinski definition) is 1. The van der Waals surface area contributed by atoms with Crippen LogP contribution in [-0.4, -0.2) is 33.3 Å². The SMILES string of the molecule is COCc1ccccc1N1CCCNCC1. The van der Waals surface area contributed by atoms with Crippen molar-refractivity contribution in [1.29, 1.82) is 0 Å². The van der Waals surface area contributed by atoms with E-state index in [1.807, 2.05) is 0 Å². The predicted molar refractivity (Wildman–Crippen MR) is 66.9 cm³/mol. The molecule has 88 valence electrons. The van der Waals surface area contributed by atoms with Crippen LogP contribution in [0.15, 0.2) is 24.3 Å². The minimum atomic E-state index is 0.695. The van der Waals surface area contributed by atoms with Crippen molar-refractivity contribution in [3.05, 3.63) is 29.8 Å². The van der Waals surface area contributed by atoms with Crippen LogP contribution in [-0.2, 0) is 11.3 Å². The van der Waals surface area contributed by atoms with E-state index in [9.17, 15) is 0 Å². The molecular weight excluding hydrogens is 200 g/mol. The van der Waals surface area contributed by atoms with Gasteiger partial charge in [0.25, 0.3) is 0 Å². The van der Waals surface area contributed by atoms with Crippen molar-refractivity contribution in [3.63, 3.8) is 0 Å². The summed E-state index contributed by atoms with van der Waals surface area (Å²) in [6, 6.07) is 8.53. The van der Waals surface area contributed by atoms with Gasteiger partial charge in [-0.25, -0.2) is 0 Å². The Kier molecular flexibility index (Phi) is 4.19. The summed E-state index contributed by atoms with van der Waals surface area (Å²) in [5, 5.41) is 3.43. The fourth-order valence-corrected chi connectivity index (χ4v) is 2.18. The maximum atomic E-state index is 5.25. The molecule has 16 heavy (non-hydrogen) atoms. The molecule has 0 radical (unpaired) electrons. The molecule has 1 aromatic rings. The largest absolute Gasteiger partial charge is 0.380 e. The standard InChI is InChI=1S/C13H20N2O/c1-16-11-12-5-2-3-6-13(12)15-9-4-7-14-8-10-15/h2-3,5-6,14H,4,7-11H2,1H3. The zero-order chi connectivity index (χ0) is 11.2. The van der Waals surface area contributed by atoms with Gasteiger partial charge in [0.15, 0.2) is 0 Å². The molecule has 1 aromatic carbocycles. The van der Waals surface area contributed by atoms with Crippen molar-refractivity contribution >= 4 is 5.69 Å². The number of rotatable bonds is 3. The van der Waals surface area contributed by atoms with Crippen LogP contribution in [0.2, 0.25) is 0 Å². The van der Waals surface area contributed by atoms with Gasteiger partial charge in [0.1, 0.15) is 0 Å². The number of methoxy groups -OCH3 is 1. The van der Waals surface area contributed by atoms with E-state index >= 15 is 0 Å². The van der Waals surface area contributed by atoms with Gasteiger partial charge in [-0.15, -0.1) is 0 Å². The van der Waals surface area contributed by atoms with Gasteiger partial charge in [0, 0.05) is 38.0 Å². The first-order chi connectivity index (χ1) is 7.92. The summed E-state index contributed by atoms with van der Waals surface area (Å²) < 4.78 is 5.25. The molecule has 0 aliphatic carbocycles. The molecule has 0 saturated carbocycles. The molecule has 0 spiro atoms. The third-order valence-electron chi connectivity index (χ3n) is 2.97. The maximum Gasteiger partial charge on any atom is 0.0733 e. The Morgan fingerprint density at radius 2 is 2.12 bits per heavy atom. The molecule has 0 atom stereocenters. The van der Waals surface area contributed by atoms with E-state index < -0.39 is 0 Å². The van der Waals surface area contributed by atoms with Gasteiger partial charge in [-0.3, -0.25) is 0 Å². The zero-order valence-electron chi connectivity index (χ0n) is 9.91. The monoisotopic (exact) mass is 220 g/mol. The van der Waals surface area contributed by atoms with E-state index in [4.69, 9.17) is 4.74 Å². The topological polar surface area (TPSA) is 24.5 Å². The molecule has 3 nitrogen and oxygen atoms in total. The Morgan fingerprint density at radius 3 is 3.00 bits per heavy atom. The van der Waals surface area contributed by atoms with E-state index in [1.165, 1.54) is 17.7 Å². The smallest absolute Gasteiger partial charge is 0.0733 e. The van der Waals surface area contributed by atoms with Crippen LogP contribution in [0, 0.1) is 0 Å². The fourth-order valence-electron chi connectivity index (χ4n) is 2.18. The first-order valence-corrected chi connectivity index (χ1v) is 5.94. The average Bonchev–Trinajstić information content (AvgIpc) is 2.59. The van der Waals surface area contributed by atoms with Crippen molar-refractivity contribution in [2.75, 3.05) is 38.2 Å². The molecule has 1 aliphatic rings. The Balaban J connectivity index is 2.16. The molecule has 0 aromatic heterocycles. The molecule has 1 aliphatic heterocycles. The van der Waals surface area contributed by atoms with Crippen molar-refractivity contribution < 1.29 is 4.74 Å². The fraction of sp³-hybridized carbons (Fsp3) is 0.538. The highest BCUT2D eigenvalue weighted by atomic mass is 16.5. The number of hydrogen-bond acceptors (Lipinski definition) is 3. The molecule has 1 fully saturated rings. The van der Waals surface area contributed by atoms with Gasteiger partial charge in [-0.05, 0) is 19.0 Å². The van der Waals surface area contributed by atoms with Crippen molar-refractivity contribution in [3.8, 4) is 0 Å². The van der Waals surface area contributed by atoms with Crippen molar-refractivity contribution in [1.82, 2.24) is 5.32 Å². The number of nitrogens with zero attached hydrogens (tertiary/aromatic N) is 1. The highest BCUT2D eigenvalue weighted by molar-refractivity contribution is 5.53. The van der Waals surface area contributed by atoms with E-state index in [2.05, 4.69) is 34.5 Å². The highest BCUT2D eigenvalue weighted by Crippen LogP contribution is 2.21. The zero-order valence-corrected chi connectivity index (χ0v) is 9.91. The minimum Gasteiger partial charge on any atom is -0.380 e. The van der Waals surface area contributed by atoms with Crippen LogP contribution < -0.4 is 10.2 Å². The number of nitrogens with one attached hydrogen (secondary N) is 1. The van der Waals surface area contributed by atoms with E-state index in [-0.39, 0.29) is 0 Å². The summed E-state index contributed by atoms with van der Waals surface area (Å²) >= 11 is 0. The van der Waals surface area contributed by atoms with Crippen molar-refractivity contribution in [2.24, 2.45) is 0 Å². The maximum absolute atomic E-state index is 5.25. The van der Waals surface area contributed by atoms with Gasteiger partial charge in [-0.2, -0.15) is 0 Å². The second-order valence-corrected chi connectivity index (χ2v) is 4.15. The third-order valence-corrected chi connectivity index (χ3v) is 2.97. The Bertz CT molecular complexity index is 319. The number of ether oxygens (including phenoxy) is 1. The number of anilines is 1. The summed E-state index contributed by atoms with van der Waals surface area (Å²) in [7, 11) is 1.75. The lowest BCUT2D eigenvalue weighted by molar-refractivity contribution is 0.185. The minimum absolute atomic E-state index is 0.695. The summed E-state index contributed by atoms with van der Waals surface area (Å²) in [5.74, 6) is 0. The summed E-state index contributed by atoms with van der Waals surface area (Å²) in [4.78, 5) is 2.45. The molecular formula is C13H20N2O. The molecule has 3 heteroatoms. The van der Waals surface area contributed by atoms with Gasteiger partial charge in [-0.1, -0.05) is 18.2 Å². The summed E-state index contributed by atoms with van der Waals surface area (Å²) in [6.07, 6.45) is 1.21. The Hall–Kier alpha value is -1.06. The molecule has 1 N–H and O–H groups in total. The van der Waals surface area contributed by atoms with Crippen LogP contribution in [0.5, 0.6) is 0 Å². The first-order valence-electron chi connectivity index (χ1n) is 5.94. The van der Waals surface area contributed by atoms with Gasteiger partial charge in [0.05, 0.1) is 6.61 Å². The number of para-hydroxylation sites is 1. The summed E-state index contributed by atoms with van der Waals surface area (Å²) in [6.45, 7) is 5.11. The Labute approximate surface area is 97.4 Å². The van der Waals surface area contributed by atoms with Gasteiger partial charge < -0.3 is 15.0 Å². The second kappa shape index (κ2) is 5.87. The molecule has 1 heterocycles. The van der Waals surface area contributed by atoms with Crippen LogP contribution in [0.25, 0.3) is 0 Å². The van der Waals surface area contributed by atoms with Crippen LogP contribution >= 0.6 is 0 Å². The highest BCUT2D eigenvalue weighted by Gasteiger charge is 2.12. The van der Waals surface area contributed by atoms with E-state index in [0.29, 0.717) is 6.61 Å². The van der Waals surface area contributed by atoms with Gasteiger partial charge >= 0.3 is 0 Å². The average molecular weight is 220 g/mol. The normalized spacial score (nSPS) is 17.2. The van der Waals surface area contributed by atoms with E-state index in [1.54, 1.807) is 7.11 Å². The molecule has 0 amide bonds. The Morgan fingerprint density at radius 1 is 1.25 bits per heavy atom. The quantitative estimate of drug-likeness (QED) is 0.838. The van der Waals surface area contributed by atoms with Crippen LogP contribution in [0.4, 0.5) is 5.69 Å². The first kappa shape index (κ1) is 11.4.